The summed E-state index contributed by atoms with van der Waals surface area (Å²) in [4.78, 5) is 12.9. The van der Waals surface area contributed by atoms with Crippen LogP contribution < -0.4 is 14.5 Å². The molecule has 0 spiro atoms. The number of nitrogens with zero attached hydrogens (tertiary/aromatic N) is 2. The van der Waals surface area contributed by atoms with Crippen LogP contribution in [0.1, 0.15) is 27.8 Å². The average Bonchev–Trinajstić information content (AvgIpc) is 2.93. The third-order valence-corrected chi connectivity index (χ3v) is 7.82. The summed E-state index contributed by atoms with van der Waals surface area (Å²) in [6, 6.07) is 28.9. The summed E-state index contributed by atoms with van der Waals surface area (Å²) < 4.78 is 33.8. The van der Waals surface area contributed by atoms with Crippen molar-refractivity contribution in [3.63, 3.8) is 0 Å². The third-order valence-electron chi connectivity index (χ3n) is 6.03. The van der Waals surface area contributed by atoms with Gasteiger partial charge in [0.05, 0.1) is 16.8 Å². The Morgan fingerprint density at radius 3 is 1.92 bits per heavy atom. The maximum absolute atomic E-state index is 13.4. The summed E-state index contributed by atoms with van der Waals surface area (Å²) in [5, 5.41) is 4.01. The van der Waals surface area contributed by atoms with E-state index in [-0.39, 0.29) is 4.90 Å². The Hall–Kier alpha value is -4.43. The molecule has 0 unspecified atom stereocenters. The van der Waals surface area contributed by atoms with E-state index in [1.165, 1.54) is 23.9 Å². The topological polar surface area (TPSA) is 88.1 Å². The van der Waals surface area contributed by atoms with Crippen LogP contribution in [0.4, 0.5) is 5.69 Å². The lowest BCUT2D eigenvalue weighted by Gasteiger charge is -2.24. The van der Waals surface area contributed by atoms with Crippen LogP contribution in [0.5, 0.6) is 5.75 Å². The van der Waals surface area contributed by atoms with E-state index in [1.807, 2.05) is 69.3 Å². The molecule has 0 aliphatic rings. The van der Waals surface area contributed by atoms with Crippen LogP contribution >= 0.6 is 0 Å². The first kappa shape index (κ1) is 27.6. The van der Waals surface area contributed by atoms with E-state index in [4.69, 9.17) is 4.74 Å². The molecule has 4 aromatic rings. The van der Waals surface area contributed by atoms with Gasteiger partial charge >= 0.3 is 0 Å². The lowest BCUT2D eigenvalue weighted by Crippen LogP contribution is -2.39. The fourth-order valence-electron chi connectivity index (χ4n) is 3.71. The quantitative estimate of drug-likeness (QED) is 0.211. The van der Waals surface area contributed by atoms with Crippen LogP contribution in [-0.4, -0.2) is 27.1 Å². The number of hydrogen-bond acceptors (Lipinski definition) is 5. The van der Waals surface area contributed by atoms with Crippen LogP contribution in [0.15, 0.2) is 107 Å². The molecule has 39 heavy (non-hydrogen) atoms. The zero-order chi connectivity index (χ0) is 27.8. The van der Waals surface area contributed by atoms with E-state index >= 15 is 0 Å². The number of hydrogen-bond donors (Lipinski definition) is 1. The van der Waals surface area contributed by atoms with Crippen LogP contribution in [-0.2, 0) is 21.4 Å². The number of carbonyl (C=O) groups is 1. The summed E-state index contributed by atoms with van der Waals surface area (Å²) >= 11 is 0. The number of benzene rings is 4. The molecule has 8 heteroatoms. The highest BCUT2D eigenvalue weighted by atomic mass is 32.2. The number of hydrazone groups is 1. The summed E-state index contributed by atoms with van der Waals surface area (Å²) in [5.41, 5.74) is 7.77. The van der Waals surface area contributed by atoms with Crippen molar-refractivity contribution in [1.29, 1.82) is 0 Å². The molecule has 200 valence electrons. The zero-order valence-corrected chi connectivity index (χ0v) is 23.0. The van der Waals surface area contributed by atoms with Gasteiger partial charge in [-0.05, 0) is 80.4 Å². The van der Waals surface area contributed by atoms with Gasteiger partial charge in [-0.15, -0.1) is 0 Å². The minimum Gasteiger partial charge on any atom is -0.489 e. The second kappa shape index (κ2) is 12.4. The molecular weight excluding hydrogens is 510 g/mol. The highest BCUT2D eigenvalue weighted by molar-refractivity contribution is 7.92. The number of nitrogens with one attached hydrogen (secondary N) is 1. The van der Waals surface area contributed by atoms with E-state index in [0.717, 1.165) is 26.6 Å². The fourth-order valence-corrected chi connectivity index (χ4v) is 5.13. The van der Waals surface area contributed by atoms with Gasteiger partial charge < -0.3 is 4.74 Å². The molecule has 4 aromatic carbocycles. The van der Waals surface area contributed by atoms with Crippen molar-refractivity contribution >= 4 is 27.8 Å². The monoisotopic (exact) mass is 541 g/mol. The Morgan fingerprint density at radius 1 is 0.795 bits per heavy atom. The van der Waals surface area contributed by atoms with Crippen molar-refractivity contribution in [3.8, 4) is 5.75 Å². The molecule has 0 radical (unpaired) electrons. The molecule has 0 aromatic heterocycles. The van der Waals surface area contributed by atoms with Crippen molar-refractivity contribution in [2.24, 2.45) is 5.10 Å². The number of ether oxygens (including phenoxy) is 1. The van der Waals surface area contributed by atoms with E-state index in [1.54, 1.807) is 36.4 Å². The zero-order valence-electron chi connectivity index (χ0n) is 22.2. The number of aryl methyl sites for hydroxylation is 3. The van der Waals surface area contributed by atoms with Crippen molar-refractivity contribution in [1.82, 2.24) is 5.43 Å². The standard InChI is InChI=1S/C31H31N3O4S/c1-23-4-10-27(11-5-23)22-38-29-16-12-26(13-17-29)20-32-33-31(35)21-34(28-14-6-24(2)7-15-28)39(36,37)30-18-8-25(3)9-19-30/h4-20H,21-22H2,1-3H3,(H,33,35)/b32-20-. The number of sulfonamides is 1. The molecule has 0 fully saturated rings. The second-order valence-electron chi connectivity index (χ2n) is 9.30. The van der Waals surface area contributed by atoms with Gasteiger partial charge in [-0.2, -0.15) is 5.10 Å². The molecular formula is C31H31N3O4S. The van der Waals surface area contributed by atoms with Crippen LogP contribution in [0.2, 0.25) is 0 Å². The van der Waals surface area contributed by atoms with Crippen molar-refractivity contribution in [3.05, 3.63) is 125 Å². The van der Waals surface area contributed by atoms with Crippen molar-refractivity contribution in [2.45, 2.75) is 32.3 Å². The van der Waals surface area contributed by atoms with Crippen LogP contribution in [0.25, 0.3) is 0 Å². The Bertz CT molecular complexity index is 1530. The van der Waals surface area contributed by atoms with Crippen molar-refractivity contribution in [2.75, 3.05) is 10.8 Å². The minimum absolute atomic E-state index is 0.106. The summed E-state index contributed by atoms with van der Waals surface area (Å²) in [6.45, 7) is 5.87. The molecule has 0 aliphatic carbocycles. The molecule has 0 bridgehead atoms. The number of anilines is 1. The first-order valence-corrected chi connectivity index (χ1v) is 13.9. The lowest BCUT2D eigenvalue weighted by molar-refractivity contribution is -0.119. The molecule has 1 N–H and O–H groups in total. The Labute approximate surface area is 229 Å². The Kier molecular flexibility index (Phi) is 8.78. The van der Waals surface area contributed by atoms with Gasteiger partial charge in [-0.3, -0.25) is 9.10 Å². The van der Waals surface area contributed by atoms with Gasteiger partial charge in [-0.25, -0.2) is 13.8 Å². The predicted molar refractivity (Wildman–Crippen MR) is 155 cm³/mol. The first-order valence-electron chi connectivity index (χ1n) is 12.5. The number of carbonyl (C=O) groups excluding carboxylic acids is 1. The minimum atomic E-state index is -3.98. The molecule has 4 rings (SSSR count). The average molecular weight is 542 g/mol. The number of amides is 1. The molecule has 0 atom stereocenters. The van der Waals surface area contributed by atoms with Gasteiger partial charge in [0.15, 0.2) is 0 Å². The molecule has 0 saturated heterocycles. The Morgan fingerprint density at radius 2 is 1.33 bits per heavy atom. The predicted octanol–water partition coefficient (Wildman–Crippen LogP) is 5.54. The SMILES string of the molecule is Cc1ccc(COc2ccc(/C=N\NC(=O)CN(c3ccc(C)cc3)S(=O)(=O)c3ccc(C)cc3)cc2)cc1. The summed E-state index contributed by atoms with van der Waals surface area (Å²) in [6.07, 6.45) is 1.49. The van der Waals surface area contributed by atoms with E-state index in [0.29, 0.717) is 18.0 Å². The van der Waals surface area contributed by atoms with Crippen LogP contribution in [0, 0.1) is 20.8 Å². The van der Waals surface area contributed by atoms with Gasteiger partial charge in [0.2, 0.25) is 0 Å². The smallest absolute Gasteiger partial charge is 0.264 e. The van der Waals surface area contributed by atoms with Gasteiger partial charge in [0, 0.05) is 0 Å². The molecule has 0 heterocycles. The second-order valence-corrected chi connectivity index (χ2v) is 11.2. The van der Waals surface area contributed by atoms with E-state index in [9.17, 15) is 13.2 Å². The lowest BCUT2D eigenvalue weighted by atomic mass is 10.2. The third kappa shape index (κ3) is 7.55. The summed E-state index contributed by atoms with van der Waals surface area (Å²) in [5.74, 6) is 0.146. The van der Waals surface area contributed by atoms with Gasteiger partial charge in [0.1, 0.15) is 18.9 Å². The first-order chi connectivity index (χ1) is 18.7. The van der Waals surface area contributed by atoms with Gasteiger partial charge in [-0.1, -0.05) is 65.2 Å². The van der Waals surface area contributed by atoms with Crippen LogP contribution in [0.3, 0.4) is 0 Å². The maximum Gasteiger partial charge on any atom is 0.264 e. The highest BCUT2D eigenvalue weighted by Gasteiger charge is 2.27. The maximum atomic E-state index is 13.4. The normalized spacial score (nSPS) is 11.4. The summed E-state index contributed by atoms with van der Waals surface area (Å²) in [7, 11) is -3.98. The number of rotatable bonds is 10. The van der Waals surface area contributed by atoms with Crippen molar-refractivity contribution < 1.29 is 17.9 Å². The fraction of sp³-hybridized carbons (Fsp3) is 0.161. The molecule has 1 amide bonds. The highest BCUT2D eigenvalue weighted by Crippen LogP contribution is 2.24. The molecule has 7 nitrogen and oxygen atoms in total. The van der Waals surface area contributed by atoms with Gasteiger partial charge in [0.25, 0.3) is 15.9 Å². The molecule has 0 aliphatic heterocycles. The van der Waals surface area contributed by atoms with E-state index in [2.05, 4.69) is 10.5 Å². The van der Waals surface area contributed by atoms with E-state index < -0.39 is 22.5 Å². The largest absolute Gasteiger partial charge is 0.489 e. The Balaban J connectivity index is 1.39. The molecule has 0 saturated carbocycles.